The third kappa shape index (κ3) is 3.46. The van der Waals surface area contributed by atoms with Crippen molar-refractivity contribution in [3.05, 3.63) is 34.7 Å². The number of halogens is 1. The largest absolute Gasteiger partial charge is 0.341 e. The van der Waals surface area contributed by atoms with Gasteiger partial charge >= 0.3 is 5.69 Å². The first-order chi connectivity index (χ1) is 11.7. The molecule has 7 heteroatoms. The van der Waals surface area contributed by atoms with Crippen molar-refractivity contribution in [2.24, 2.45) is 0 Å². The molecule has 2 aromatic rings. The summed E-state index contributed by atoms with van der Waals surface area (Å²) in [5.41, 5.74) is 1.79. The van der Waals surface area contributed by atoms with Crippen molar-refractivity contribution in [1.29, 1.82) is 0 Å². The summed E-state index contributed by atoms with van der Waals surface area (Å²) >= 11 is 0. The zero-order valence-corrected chi connectivity index (χ0v) is 15.1. The predicted molar refractivity (Wildman–Crippen MR) is 100 cm³/mol. The molecule has 1 aromatic carbocycles. The van der Waals surface area contributed by atoms with E-state index in [-0.39, 0.29) is 36.1 Å². The summed E-state index contributed by atoms with van der Waals surface area (Å²) in [5.74, 6) is 0.236. The van der Waals surface area contributed by atoms with Crippen LogP contribution in [-0.4, -0.2) is 46.0 Å². The minimum atomic E-state index is -0.0464. The Bertz CT molecular complexity index is 786. The Balaban J connectivity index is 0.00000182. The normalized spacial score (nSPS) is 21.9. The maximum atomic E-state index is 12.6. The summed E-state index contributed by atoms with van der Waals surface area (Å²) in [6, 6.07) is 7.96. The van der Waals surface area contributed by atoms with Crippen LogP contribution in [0.2, 0.25) is 0 Å². The molecule has 1 amide bonds. The van der Waals surface area contributed by atoms with Gasteiger partial charge in [-0.2, -0.15) is 0 Å². The van der Waals surface area contributed by atoms with Crippen molar-refractivity contribution >= 4 is 29.3 Å². The van der Waals surface area contributed by atoms with Crippen molar-refractivity contribution < 1.29 is 4.79 Å². The van der Waals surface area contributed by atoms with Crippen LogP contribution >= 0.6 is 12.4 Å². The van der Waals surface area contributed by atoms with E-state index in [0.29, 0.717) is 0 Å². The number of benzene rings is 1. The lowest BCUT2D eigenvalue weighted by atomic mass is 10.00. The molecule has 136 valence electrons. The molecule has 2 fully saturated rings. The SMILES string of the molecule is Cl.O=C([C@H]1CCCCN1)N1CCC(n2c(=O)[nH]c3ccccc32)CC1. The summed E-state index contributed by atoms with van der Waals surface area (Å²) in [5, 5.41) is 3.34. The van der Waals surface area contributed by atoms with E-state index in [0.717, 1.165) is 62.8 Å². The van der Waals surface area contributed by atoms with Gasteiger partial charge in [0.1, 0.15) is 0 Å². The molecule has 6 nitrogen and oxygen atoms in total. The van der Waals surface area contributed by atoms with Crippen molar-refractivity contribution in [1.82, 2.24) is 19.8 Å². The molecule has 0 saturated carbocycles. The molecule has 1 atom stereocenters. The van der Waals surface area contributed by atoms with E-state index >= 15 is 0 Å². The van der Waals surface area contributed by atoms with Crippen molar-refractivity contribution in [2.45, 2.75) is 44.2 Å². The highest BCUT2D eigenvalue weighted by atomic mass is 35.5. The van der Waals surface area contributed by atoms with Gasteiger partial charge in [0.05, 0.1) is 17.1 Å². The minimum Gasteiger partial charge on any atom is -0.341 e. The second-order valence-corrected chi connectivity index (χ2v) is 6.88. The standard InChI is InChI=1S/C18H24N4O2.ClH/c23-17(15-6-3-4-10-19-15)21-11-8-13(9-12-21)22-16-7-2-1-5-14(16)20-18(22)24;/h1-2,5,7,13,15,19H,3-4,6,8-12H2,(H,20,24);1H/t15-;/m1./s1. The number of H-pyrrole nitrogens is 1. The van der Waals surface area contributed by atoms with Crippen LogP contribution in [0.15, 0.2) is 29.1 Å². The number of aromatic nitrogens is 2. The van der Waals surface area contributed by atoms with Crippen LogP contribution in [0.1, 0.15) is 38.1 Å². The molecule has 2 saturated heterocycles. The van der Waals surface area contributed by atoms with E-state index in [4.69, 9.17) is 0 Å². The molecular formula is C18H25ClN4O2. The number of rotatable bonds is 2. The number of hydrogen-bond acceptors (Lipinski definition) is 3. The number of piperidine rings is 2. The molecule has 1 aromatic heterocycles. The number of hydrogen-bond donors (Lipinski definition) is 2. The number of nitrogens with zero attached hydrogens (tertiary/aromatic N) is 2. The Hall–Kier alpha value is -1.79. The molecule has 0 aliphatic carbocycles. The zero-order valence-electron chi connectivity index (χ0n) is 14.2. The number of aromatic amines is 1. The highest BCUT2D eigenvalue weighted by Gasteiger charge is 2.30. The second kappa shape index (κ2) is 7.62. The topological polar surface area (TPSA) is 70.1 Å². The Morgan fingerprint density at radius 2 is 1.84 bits per heavy atom. The number of nitrogens with one attached hydrogen (secondary N) is 2. The van der Waals surface area contributed by atoms with Gasteiger partial charge in [-0.3, -0.25) is 9.36 Å². The van der Waals surface area contributed by atoms with E-state index < -0.39 is 0 Å². The van der Waals surface area contributed by atoms with Crippen molar-refractivity contribution in [2.75, 3.05) is 19.6 Å². The lowest BCUT2D eigenvalue weighted by molar-refractivity contribution is -0.135. The fraction of sp³-hybridized carbons (Fsp3) is 0.556. The number of imidazole rings is 1. The van der Waals surface area contributed by atoms with E-state index in [2.05, 4.69) is 10.3 Å². The van der Waals surface area contributed by atoms with Crippen LogP contribution in [0.4, 0.5) is 0 Å². The van der Waals surface area contributed by atoms with Gasteiger partial charge in [-0.25, -0.2) is 4.79 Å². The van der Waals surface area contributed by atoms with Gasteiger partial charge < -0.3 is 15.2 Å². The number of amides is 1. The lowest BCUT2D eigenvalue weighted by Gasteiger charge is -2.35. The first kappa shape index (κ1) is 18.0. The fourth-order valence-electron chi connectivity index (χ4n) is 4.06. The molecule has 2 N–H and O–H groups in total. The minimum absolute atomic E-state index is 0. The van der Waals surface area contributed by atoms with Gasteiger partial charge in [-0.1, -0.05) is 18.6 Å². The Morgan fingerprint density at radius 1 is 1.08 bits per heavy atom. The molecule has 0 bridgehead atoms. The third-order valence-corrected chi connectivity index (χ3v) is 5.37. The van der Waals surface area contributed by atoms with Crippen molar-refractivity contribution in [3.8, 4) is 0 Å². The van der Waals surface area contributed by atoms with Crippen LogP contribution in [0, 0.1) is 0 Å². The quantitative estimate of drug-likeness (QED) is 0.856. The predicted octanol–water partition coefficient (Wildman–Crippen LogP) is 2.06. The summed E-state index contributed by atoms with van der Waals surface area (Å²) in [6.45, 7) is 2.40. The molecular weight excluding hydrogens is 340 g/mol. The van der Waals surface area contributed by atoms with E-state index in [1.54, 1.807) is 0 Å². The van der Waals surface area contributed by atoms with Crippen LogP contribution in [0.3, 0.4) is 0 Å². The first-order valence-electron chi connectivity index (χ1n) is 8.95. The molecule has 25 heavy (non-hydrogen) atoms. The first-order valence-corrected chi connectivity index (χ1v) is 8.95. The van der Waals surface area contributed by atoms with Gasteiger partial charge in [-0.15, -0.1) is 12.4 Å². The smallest absolute Gasteiger partial charge is 0.326 e. The highest BCUT2D eigenvalue weighted by molar-refractivity contribution is 5.85. The van der Waals surface area contributed by atoms with Crippen LogP contribution in [-0.2, 0) is 4.79 Å². The van der Waals surface area contributed by atoms with Crippen LogP contribution in [0.5, 0.6) is 0 Å². The summed E-state index contributed by atoms with van der Waals surface area (Å²) < 4.78 is 1.87. The second-order valence-electron chi connectivity index (χ2n) is 6.88. The van der Waals surface area contributed by atoms with E-state index in [9.17, 15) is 9.59 Å². The number of carbonyl (C=O) groups is 1. The molecule has 0 unspecified atom stereocenters. The average molecular weight is 365 g/mol. The third-order valence-electron chi connectivity index (χ3n) is 5.37. The monoisotopic (exact) mass is 364 g/mol. The Labute approximate surface area is 153 Å². The number of likely N-dealkylation sites (tertiary alicyclic amines) is 1. The molecule has 3 heterocycles. The van der Waals surface area contributed by atoms with Gasteiger partial charge in [0, 0.05) is 19.1 Å². The fourth-order valence-corrected chi connectivity index (χ4v) is 4.06. The molecule has 0 radical (unpaired) electrons. The number of para-hydroxylation sites is 2. The van der Waals surface area contributed by atoms with Gasteiger partial charge in [0.25, 0.3) is 0 Å². The average Bonchev–Trinajstić information content (AvgIpc) is 2.98. The maximum Gasteiger partial charge on any atom is 0.326 e. The highest BCUT2D eigenvalue weighted by Crippen LogP contribution is 2.25. The molecule has 2 aliphatic rings. The van der Waals surface area contributed by atoms with Gasteiger partial charge in [-0.05, 0) is 44.4 Å². The van der Waals surface area contributed by atoms with Crippen molar-refractivity contribution in [3.63, 3.8) is 0 Å². The lowest BCUT2D eigenvalue weighted by Crippen LogP contribution is -2.51. The molecule has 4 rings (SSSR count). The molecule has 2 aliphatic heterocycles. The summed E-state index contributed by atoms with van der Waals surface area (Å²) in [6.07, 6.45) is 4.90. The van der Waals surface area contributed by atoms with Crippen LogP contribution < -0.4 is 11.0 Å². The van der Waals surface area contributed by atoms with Crippen LogP contribution in [0.25, 0.3) is 11.0 Å². The summed E-state index contributed by atoms with van der Waals surface area (Å²) in [4.78, 5) is 29.8. The summed E-state index contributed by atoms with van der Waals surface area (Å²) in [7, 11) is 0. The maximum absolute atomic E-state index is 12.6. The zero-order chi connectivity index (χ0) is 16.5. The van der Waals surface area contributed by atoms with Gasteiger partial charge in [0.2, 0.25) is 5.91 Å². The number of fused-ring (bicyclic) bond motifs is 1. The van der Waals surface area contributed by atoms with Gasteiger partial charge in [0.15, 0.2) is 0 Å². The Kier molecular flexibility index (Phi) is 5.49. The Morgan fingerprint density at radius 3 is 2.56 bits per heavy atom. The van der Waals surface area contributed by atoms with E-state index in [1.807, 2.05) is 33.7 Å². The molecule has 0 spiro atoms. The number of carbonyl (C=O) groups excluding carboxylic acids is 1. The van der Waals surface area contributed by atoms with E-state index in [1.165, 1.54) is 0 Å².